The zero-order valence-electron chi connectivity index (χ0n) is 21.3. The summed E-state index contributed by atoms with van der Waals surface area (Å²) < 4.78 is 11.5. The molecule has 0 saturated heterocycles. The fraction of sp³-hybridized carbons (Fsp3) is 0.387. The minimum Gasteiger partial charge on any atom is -0.497 e. The van der Waals surface area contributed by atoms with E-state index < -0.39 is 17.3 Å². The molecular weight excluding hydrogens is 468 g/mol. The summed E-state index contributed by atoms with van der Waals surface area (Å²) in [6, 6.07) is 26.9. The first-order valence-corrected chi connectivity index (χ1v) is 13.3. The second kappa shape index (κ2) is 14.1. The second-order valence-electron chi connectivity index (χ2n) is 9.15. The average Bonchev–Trinajstić information content (AvgIpc) is 2.93. The lowest BCUT2D eigenvalue weighted by molar-refractivity contribution is -0.144. The van der Waals surface area contributed by atoms with Gasteiger partial charge in [0.05, 0.1) is 13.2 Å². The Balaban J connectivity index is 2.16. The number of benzene rings is 3. The van der Waals surface area contributed by atoms with Crippen molar-refractivity contribution >= 4 is 18.6 Å². The van der Waals surface area contributed by atoms with Gasteiger partial charge in [0.2, 0.25) is 0 Å². The standard InChI is InChI=1S/C31H38O4S/c1-34-27-21-19-26(20-22-27)31(30(32)33,25-16-10-7-11-17-25)29(24-14-8-6-9-15-24)28(35-2)18-12-4-3-5-13-23-36/h6-11,14-17,19-22,28-29,36H,3-5,12-13,18,23H2,1-2H3,(H,32,33). The third-order valence-electron chi connectivity index (χ3n) is 7.06. The summed E-state index contributed by atoms with van der Waals surface area (Å²) in [5, 5.41) is 11.1. The summed E-state index contributed by atoms with van der Waals surface area (Å²) in [5.41, 5.74) is 1.02. The number of carboxylic acid groups (broad SMARTS) is 1. The molecule has 0 radical (unpaired) electrons. The van der Waals surface area contributed by atoms with E-state index in [2.05, 4.69) is 12.6 Å². The molecule has 0 amide bonds. The highest BCUT2D eigenvalue weighted by Gasteiger charge is 2.52. The Bertz CT molecular complexity index is 1040. The van der Waals surface area contributed by atoms with Crippen LogP contribution < -0.4 is 4.74 Å². The van der Waals surface area contributed by atoms with E-state index in [1.807, 2.05) is 84.9 Å². The Hall–Kier alpha value is -2.76. The second-order valence-corrected chi connectivity index (χ2v) is 9.60. The number of rotatable bonds is 15. The first kappa shape index (κ1) is 27.8. The van der Waals surface area contributed by atoms with Gasteiger partial charge in [0, 0.05) is 13.0 Å². The Morgan fingerprint density at radius 2 is 1.36 bits per heavy atom. The maximum Gasteiger partial charge on any atom is 0.319 e. The smallest absolute Gasteiger partial charge is 0.319 e. The molecule has 0 aliphatic carbocycles. The van der Waals surface area contributed by atoms with Crippen molar-refractivity contribution in [3.05, 3.63) is 102 Å². The van der Waals surface area contributed by atoms with Gasteiger partial charge in [-0.1, -0.05) is 98.5 Å². The first-order chi connectivity index (χ1) is 17.6. The molecule has 36 heavy (non-hydrogen) atoms. The molecule has 3 atom stereocenters. The van der Waals surface area contributed by atoms with E-state index >= 15 is 0 Å². The minimum absolute atomic E-state index is 0.296. The molecule has 0 saturated carbocycles. The van der Waals surface area contributed by atoms with Crippen LogP contribution in [0.1, 0.15) is 61.1 Å². The highest BCUT2D eigenvalue weighted by Crippen LogP contribution is 2.49. The molecule has 1 N–H and O–H groups in total. The number of ether oxygens (including phenoxy) is 2. The lowest BCUT2D eigenvalue weighted by Crippen LogP contribution is -2.48. The highest BCUT2D eigenvalue weighted by molar-refractivity contribution is 7.80. The van der Waals surface area contributed by atoms with Crippen molar-refractivity contribution in [2.75, 3.05) is 20.0 Å². The number of hydrogen-bond donors (Lipinski definition) is 2. The predicted molar refractivity (Wildman–Crippen MR) is 149 cm³/mol. The molecule has 0 aromatic heterocycles. The van der Waals surface area contributed by atoms with Gasteiger partial charge in [-0.2, -0.15) is 12.6 Å². The zero-order chi connectivity index (χ0) is 25.8. The molecule has 3 unspecified atom stereocenters. The summed E-state index contributed by atoms with van der Waals surface area (Å²) in [6.07, 6.45) is 5.97. The molecule has 0 heterocycles. The van der Waals surface area contributed by atoms with Crippen molar-refractivity contribution in [1.29, 1.82) is 0 Å². The van der Waals surface area contributed by atoms with Gasteiger partial charge in [-0.15, -0.1) is 0 Å². The molecule has 4 nitrogen and oxygen atoms in total. The summed E-state index contributed by atoms with van der Waals surface area (Å²) in [5.74, 6) is 0.251. The fourth-order valence-corrected chi connectivity index (χ4v) is 5.50. The molecule has 0 fully saturated rings. The molecule has 0 aliphatic heterocycles. The molecule has 0 bridgehead atoms. The van der Waals surface area contributed by atoms with Gasteiger partial charge < -0.3 is 14.6 Å². The lowest BCUT2D eigenvalue weighted by Gasteiger charge is -2.42. The van der Waals surface area contributed by atoms with Gasteiger partial charge in [-0.25, -0.2) is 0 Å². The van der Waals surface area contributed by atoms with Crippen LogP contribution in [0, 0.1) is 0 Å². The molecule has 192 valence electrons. The number of carboxylic acids is 1. The van der Waals surface area contributed by atoms with Gasteiger partial charge in [0.1, 0.15) is 11.2 Å². The molecule has 5 heteroatoms. The Labute approximate surface area is 221 Å². The van der Waals surface area contributed by atoms with E-state index in [9.17, 15) is 9.90 Å². The number of methoxy groups -OCH3 is 2. The Kier molecular flexibility index (Phi) is 10.9. The van der Waals surface area contributed by atoms with E-state index in [1.165, 1.54) is 0 Å². The largest absolute Gasteiger partial charge is 0.497 e. The van der Waals surface area contributed by atoms with E-state index in [4.69, 9.17) is 9.47 Å². The van der Waals surface area contributed by atoms with Crippen LogP contribution >= 0.6 is 12.6 Å². The molecule has 3 aromatic carbocycles. The van der Waals surface area contributed by atoms with Crippen molar-refractivity contribution in [2.24, 2.45) is 0 Å². The number of aliphatic carboxylic acids is 1. The summed E-state index contributed by atoms with van der Waals surface area (Å²) in [6.45, 7) is 0. The van der Waals surface area contributed by atoms with E-state index in [0.29, 0.717) is 11.3 Å². The van der Waals surface area contributed by atoms with Crippen molar-refractivity contribution in [2.45, 2.75) is 56.0 Å². The van der Waals surface area contributed by atoms with Gasteiger partial charge in [-0.05, 0) is 47.4 Å². The lowest BCUT2D eigenvalue weighted by atomic mass is 9.61. The quantitative estimate of drug-likeness (QED) is 0.170. The van der Waals surface area contributed by atoms with Gasteiger partial charge in [0.15, 0.2) is 0 Å². The van der Waals surface area contributed by atoms with Crippen LogP contribution in [0.4, 0.5) is 0 Å². The van der Waals surface area contributed by atoms with E-state index in [-0.39, 0.29) is 6.10 Å². The zero-order valence-corrected chi connectivity index (χ0v) is 22.2. The maximum absolute atomic E-state index is 13.6. The van der Waals surface area contributed by atoms with Crippen LogP contribution in [0.2, 0.25) is 0 Å². The number of unbranched alkanes of at least 4 members (excludes halogenated alkanes) is 4. The topological polar surface area (TPSA) is 55.8 Å². The van der Waals surface area contributed by atoms with Crippen LogP contribution in [-0.4, -0.2) is 37.2 Å². The van der Waals surface area contributed by atoms with Crippen molar-refractivity contribution in [3.8, 4) is 5.75 Å². The highest BCUT2D eigenvalue weighted by atomic mass is 32.1. The summed E-state index contributed by atoms with van der Waals surface area (Å²) >= 11 is 4.31. The minimum atomic E-state index is -1.36. The number of hydrogen-bond acceptors (Lipinski definition) is 4. The van der Waals surface area contributed by atoms with Crippen LogP contribution in [0.25, 0.3) is 0 Å². The molecule has 0 spiro atoms. The normalized spacial score (nSPS) is 14.5. The van der Waals surface area contributed by atoms with Crippen LogP contribution in [0.3, 0.4) is 0 Å². The van der Waals surface area contributed by atoms with Crippen molar-refractivity contribution in [1.82, 2.24) is 0 Å². The third-order valence-corrected chi connectivity index (χ3v) is 7.37. The van der Waals surface area contributed by atoms with Crippen molar-refractivity contribution in [3.63, 3.8) is 0 Å². The average molecular weight is 507 g/mol. The summed E-state index contributed by atoms with van der Waals surface area (Å²) in [7, 11) is 3.31. The van der Waals surface area contributed by atoms with Crippen LogP contribution in [0.5, 0.6) is 5.75 Å². The summed E-state index contributed by atoms with van der Waals surface area (Å²) in [4.78, 5) is 13.6. The number of thiol groups is 1. The predicted octanol–water partition coefficient (Wildman–Crippen LogP) is 7.14. The Morgan fingerprint density at radius 1 is 0.806 bits per heavy atom. The van der Waals surface area contributed by atoms with E-state index in [0.717, 1.165) is 55.4 Å². The van der Waals surface area contributed by atoms with Crippen molar-refractivity contribution < 1.29 is 19.4 Å². The Morgan fingerprint density at radius 3 is 1.92 bits per heavy atom. The van der Waals surface area contributed by atoms with Gasteiger partial charge in [0.25, 0.3) is 0 Å². The SMILES string of the molecule is COc1ccc(C(C(=O)O)(c2ccccc2)C(c2ccccc2)C(CCCCCCCS)OC)cc1. The molecular formula is C31H38O4S. The maximum atomic E-state index is 13.6. The van der Waals surface area contributed by atoms with Crippen LogP contribution in [0.15, 0.2) is 84.9 Å². The van der Waals surface area contributed by atoms with Crippen LogP contribution in [-0.2, 0) is 14.9 Å². The monoisotopic (exact) mass is 506 g/mol. The fourth-order valence-electron chi connectivity index (χ4n) is 5.27. The molecule has 3 aromatic rings. The van der Waals surface area contributed by atoms with E-state index in [1.54, 1.807) is 14.2 Å². The number of carbonyl (C=O) groups is 1. The third kappa shape index (κ3) is 6.32. The van der Waals surface area contributed by atoms with Gasteiger partial charge in [-0.3, -0.25) is 4.79 Å². The van der Waals surface area contributed by atoms with Gasteiger partial charge >= 0.3 is 5.97 Å². The first-order valence-electron chi connectivity index (χ1n) is 12.7. The molecule has 3 rings (SSSR count). The molecule has 0 aliphatic rings.